The van der Waals surface area contributed by atoms with E-state index in [0.717, 1.165) is 25.7 Å². The second-order valence-corrected chi connectivity index (χ2v) is 14.8. The Balaban J connectivity index is 2.20. The summed E-state index contributed by atoms with van der Waals surface area (Å²) in [6, 6.07) is 0. The van der Waals surface area contributed by atoms with Gasteiger partial charge in [0.1, 0.15) is 30.5 Å². The summed E-state index contributed by atoms with van der Waals surface area (Å²) >= 11 is 0. The molecule has 0 saturated carbocycles. The van der Waals surface area contributed by atoms with Gasteiger partial charge in [-0.1, -0.05) is 181 Å². The molecule has 0 aromatic rings. The Labute approximate surface area is 302 Å². The standard InChI is InChI=1S/C41H82O8/c1-3-5-7-9-11-13-15-17-19-21-23-25-27-29-31-46-34-36(48-41-40(45)39(44)38(43)37(33-42)49-41)35-47-32-30-28-26-24-22-20-18-16-14-12-10-8-6-4-2/h36-45H,3-35H2,1-2H3/t37-,38+,39+,40-,41-/m1/s1. The Bertz CT molecular complexity index is 629. The van der Waals surface area contributed by atoms with Gasteiger partial charge in [0.05, 0.1) is 19.8 Å². The minimum absolute atomic E-state index is 0.284. The number of aliphatic hydroxyl groups excluding tert-OH is 4. The molecule has 1 fully saturated rings. The summed E-state index contributed by atoms with van der Waals surface area (Å²) in [4.78, 5) is 0. The molecule has 1 aliphatic heterocycles. The molecule has 5 atom stereocenters. The van der Waals surface area contributed by atoms with Crippen molar-refractivity contribution in [2.75, 3.05) is 33.0 Å². The molecule has 8 heteroatoms. The van der Waals surface area contributed by atoms with Crippen LogP contribution in [-0.4, -0.2) is 90.3 Å². The van der Waals surface area contributed by atoms with Gasteiger partial charge in [-0.2, -0.15) is 0 Å². The average Bonchev–Trinajstić information content (AvgIpc) is 3.11. The monoisotopic (exact) mass is 703 g/mol. The van der Waals surface area contributed by atoms with Crippen LogP contribution in [0, 0.1) is 0 Å². The van der Waals surface area contributed by atoms with Crippen molar-refractivity contribution in [3.8, 4) is 0 Å². The number of ether oxygens (including phenoxy) is 4. The van der Waals surface area contributed by atoms with Crippen molar-refractivity contribution in [1.82, 2.24) is 0 Å². The lowest BCUT2D eigenvalue weighted by atomic mass is 9.99. The molecule has 1 aliphatic rings. The highest BCUT2D eigenvalue weighted by atomic mass is 16.7. The van der Waals surface area contributed by atoms with E-state index in [2.05, 4.69) is 13.8 Å². The highest BCUT2D eigenvalue weighted by molar-refractivity contribution is 4.89. The second-order valence-electron chi connectivity index (χ2n) is 14.8. The molecule has 0 amide bonds. The highest BCUT2D eigenvalue weighted by Crippen LogP contribution is 2.23. The van der Waals surface area contributed by atoms with E-state index in [-0.39, 0.29) is 13.2 Å². The molecular weight excluding hydrogens is 620 g/mol. The predicted molar refractivity (Wildman–Crippen MR) is 201 cm³/mol. The Morgan fingerprint density at radius 3 is 1.10 bits per heavy atom. The molecule has 0 aromatic carbocycles. The van der Waals surface area contributed by atoms with Gasteiger partial charge < -0.3 is 39.4 Å². The number of unbranched alkanes of at least 4 members (excludes halogenated alkanes) is 26. The Hall–Kier alpha value is -0.320. The number of hydrogen-bond donors (Lipinski definition) is 4. The second kappa shape index (κ2) is 34.7. The highest BCUT2D eigenvalue weighted by Gasteiger charge is 2.44. The summed E-state index contributed by atoms with van der Waals surface area (Å²) in [6.45, 7) is 5.89. The van der Waals surface area contributed by atoms with Gasteiger partial charge in [0.15, 0.2) is 6.29 Å². The summed E-state index contributed by atoms with van der Waals surface area (Å²) in [5.74, 6) is 0. The summed E-state index contributed by atoms with van der Waals surface area (Å²) in [5.41, 5.74) is 0. The molecular formula is C41H82O8. The van der Waals surface area contributed by atoms with E-state index < -0.39 is 43.4 Å². The maximum atomic E-state index is 10.5. The van der Waals surface area contributed by atoms with Gasteiger partial charge in [-0.15, -0.1) is 0 Å². The van der Waals surface area contributed by atoms with E-state index in [1.54, 1.807) is 0 Å². The Kier molecular flexibility index (Phi) is 33.1. The zero-order valence-corrected chi connectivity index (χ0v) is 32.2. The van der Waals surface area contributed by atoms with Crippen molar-refractivity contribution in [3.63, 3.8) is 0 Å². The fraction of sp³-hybridized carbons (Fsp3) is 1.00. The quantitative estimate of drug-likeness (QED) is 0.0474. The van der Waals surface area contributed by atoms with E-state index in [1.165, 1.54) is 154 Å². The molecule has 4 N–H and O–H groups in total. The number of hydrogen-bond acceptors (Lipinski definition) is 8. The normalized spacial score (nSPS) is 21.2. The Morgan fingerprint density at radius 2 is 0.776 bits per heavy atom. The number of rotatable bonds is 37. The van der Waals surface area contributed by atoms with Crippen LogP contribution in [0.1, 0.15) is 194 Å². The van der Waals surface area contributed by atoms with Crippen molar-refractivity contribution >= 4 is 0 Å². The molecule has 1 rings (SSSR count). The molecule has 294 valence electrons. The lowest BCUT2D eigenvalue weighted by Crippen LogP contribution is -2.60. The number of aliphatic hydroxyl groups is 4. The minimum Gasteiger partial charge on any atom is -0.394 e. The van der Waals surface area contributed by atoms with Crippen molar-refractivity contribution in [2.24, 2.45) is 0 Å². The van der Waals surface area contributed by atoms with Gasteiger partial charge in [-0.3, -0.25) is 0 Å². The Morgan fingerprint density at radius 1 is 0.449 bits per heavy atom. The molecule has 8 nitrogen and oxygen atoms in total. The summed E-state index contributed by atoms with van der Waals surface area (Å²) < 4.78 is 23.5. The minimum atomic E-state index is -1.47. The third-order valence-electron chi connectivity index (χ3n) is 10.1. The summed E-state index contributed by atoms with van der Waals surface area (Å²) in [6.07, 6.45) is 29.8. The van der Waals surface area contributed by atoms with Crippen LogP contribution >= 0.6 is 0 Å². The molecule has 0 bridgehead atoms. The van der Waals surface area contributed by atoms with E-state index >= 15 is 0 Å². The largest absolute Gasteiger partial charge is 0.394 e. The predicted octanol–water partition coefficient (Wildman–Crippen LogP) is 9.17. The van der Waals surface area contributed by atoms with Crippen LogP contribution in [0.3, 0.4) is 0 Å². The summed E-state index contributed by atoms with van der Waals surface area (Å²) in [7, 11) is 0. The van der Waals surface area contributed by atoms with Crippen molar-refractivity contribution in [1.29, 1.82) is 0 Å². The van der Waals surface area contributed by atoms with Gasteiger partial charge in [-0.05, 0) is 12.8 Å². The first-order chi connectivity index (χ1) is 24.0. The van der Waals surface area contributed by atoms with Gasteiger partial charge in [-0.25, -0.2) is 0 Å². The third-order valence-corrected chi connectivity index (χ3v) is 10.1. The molecule has 0 aromatic heterocycles. The smallest absolute Gasteiger partial charge is 0.187 e. The van der Waals surface area contributed by atoms with Crippen LogP contribution in [0.2, 0.25) is 0 Å². The first-order valence-corrected chi connectivity index (χ1v) is 21.2. The first kappa shape index (κ1) is 46.7. The van der Waals surface area contributed by atoms with Gasteiger partial charge in [0.25, 0.3) is 0 Å². The topological polar surface area (TPSA) is 118 Å². The molecule has 0 spiro atoms. The van der Waals surface area contributed by atoms with Crippen LogP contribution in [0.25, 0.3) is 0 Å². The SMILES string of the molecule is CCCCCCCCCCCCCCCCOCC(COCCCCCCCCCCCCCCCC)O[C@@H]1O[C@H](CO)[C@H](O)[C@H](O)[C@H]1O. The average molecular weight is 703 g/mol. The van der Waals surface area contributed by atoms with E-state index in [1.807, 2.05) is 0 Å². The molecule has 1 saturated heterocycles. The van der Waals surface area contributed by atoms with Crippen LogP contribution in [-0.2, 0) is 18.9 Å². The van der Waals surface area contributed by atoms with E-state index in [9.17, 15) is 20.4 Å². The van der Waals surface area contributed by atoms with Crippen molar-refractivity contribution in [2.45, 2.75) is 230 Å². The zero-order valence-electron chi connectivity index (χ0n) is 32.2. The van der Waals surface area contributed by atoms with Crippen LogP contribution in [0.4, 0.5) is 0 Å². The molecule has 0 radical (unpaired) electrons. The van der Waals surface area contributed by atoms with Gasteiger partial charge >= 0.3 is 0 Å². The summed E-state index contributed by atoms with van der Waals surface area (Å²) in [5, 5.41) is 40.4. The fourth-order valence-electron chi connectivity index (χ4n) is 6.72. The maximum Gasteiger partial charge on any atom is 0.187 e. The molecule has 0 unspecified atom stereocenters. The third kappa shape index (κ3) is 26.2. The van der Waals surface area contributed by atoms with E-state index in [0.29, 0.717) is 13.2 Å². The van der Waals surface area contributed by atoms with Gasteiger partial charge in [0.2, 0.25) is 0 Å². The van der Waals surface area contributed by atoms with Gasteiger partial charge in [0, 0.05) is 13.2 Å². The molecule has 0 aliphatic carbocycles. The lowest BCUT2D eigenvalue weighted by Gasteiger charge is -2.40. The van der Waals surface area contributed by atoms with Crippen molar-refractivity contribution < 1.29 is 39.4 Å². The van der Waals surface area contributed by atoms with Crippen molar-refractivity contribution in [3.05, 3.63) is 0 Å². The molecule has 49 heavy (non-hydrogen) atoms. The zero-order chi connectivity index (χ0) is 35.6. The first-order valence-electron chi connectivity index (χ1n) is 21.2. The van der Waals surface area contributed by atoms with Crippen LogP contribution in [0.15, 0.2) is 0 Å². The molecule has 1 heterocycles. The lowest BCUT2D eigenvalue weighted by molar-refractivity contribution is -0.316. The maximum absolute atomic E-state index is 10.5. The van der Waals surface area contributed by atoms with Crippen LogP contribution < -0.4 is 0 Å². The fourth-order valence-corrected chi connectivity index (χ4v) is 6.72. The van der Waals surface area contributed by atoms with E-state index in [4.69, 9.17) is 18.9 Å². The van der Waals surface area contributed by atoms with Crippen LogP contribution in [0.5, 0.6) is 0 Å².